The Morgan fingerprint density at radius 1 is 1.05 bits per heavy atom. The molecule has 0 aliphatic carbocycles. The highest BCUT2D eigenvalue weighted by Gasteiger charge is 2.08. The van der Waals surface area contributed by atoms with Crippen LogP contribution in [0.3, 0.4) is 0 Å². The summed E-state index contributed by atoms with van der Waals surface area (Å²) in [5.74, 6) is 0.441. The molecule has 112 valence electrons. The van der Waals surface area contributed by atoms with Crippen LogP contribution in [0.5, 0.6) is 5.75 Å². The summed E-state index contributed by atoms with van der Waals surface area (Å²) in [7, 11) is 0. The lowest BCUT2D eigenvalue weighted by Crippen LogP contribution is -2.08. The highest BCUT2D eigenvalue weighted by atomic mass is 35.5. The molecule has 4 heteroatoms. The summed E-state index contributed by atoms with van der Waals surface area (Å²) < 4.78 is 18.8. The van der Waals surface area contributed by atoms with E-state index in [1.54, 1.807) is 12.1 Å². The maximum atomic E-state index is 13.1. The van der Waals surface area contributed by atoms with E-state index in [0.717, 1.165) is 17.0 Å². The first kappa shape index (κ1) is 15.6. The summed E-state index contributed by atoms with van der Waals surface area (Å²) in [6.07, 6.45) is 0.160. The van der Waals surface area contributed by atoms with E-state index in [9.17, 15) is 4.39 Å². The van der Waals surface area contributed by atoms with Crippen LogP contribution in [0.15, 0.2) is 42.5 Å². The molecule has 1 N–H and O–H groups in total. The Labute approximate surface area is 129 Å². The maximum absolute atomic E-state index is 13.1. The average Bonchev–Trinajstić information content (AvgIpc) is 2.43. The van der Waals surface area contributed by atoms with Gasteiger partial charge in [-0.15, -0.1) is 0 Å². The summed E-state index contributed by atoms with van der Waals surface area (Å²) >= 11 is 5.78. The fourth-order valence-corrected chi connectivity index (χ4v) is 2.21. The SMILES string of the molecule is CC(C)Oc1ccc(C(C)Nc2ccc(F)c(Cl)c2)cc1. The van der Waals surface area contributed by atoms with Gasteiger partial charge in [0, 0.05) is 11.7 Å². The predicted molar refractivity (Wildman–Crippen MR) is 85.7 cm³/mol. The van der Waals surface area contributed by atoms with Gasteiger partial charge in [-0.05, 0) is 56.7 Å². The van der Waals surface area contributed by atoms with Gasteiger partial charge in [-0.3, -0.25) is 0 Å². The Morgan fingerprint density at radius 2 is 1.71 bits per heavy atom. The van der Waals surface area contributed by atoms with Crippen LogP contribution in [-0.4, -0.2) is 6.10 Å². The molecule has 2 rings (SSSR count). The van der Waals surface area contributed by atoms with E-state index >= 15 is 0 Å². The Bertz CT molecular complexity index is 598. The molecule has 0 aliphatic heterocycles. The third kappa shape index (κ3) is 4.36. The van der Waals surface area contributed by atoms with Gasteiger partial charge in [0.1, 0.15) is 11.6 Å². The summed E-state index contributed by atoms with van der Waals surface area (Å²) in [6, 6.07) is 12.6. The van der Waals surface area contributed by atoms with Crippen LogP contribution in [0.25, 0.3) is 0 Å². The van der Waals surface area contributed by atoms with E-state index in [0.29, 0.717) is 0 Å². The molecule has 2 aromatic rings. The number of ether oxygens (including phenoxy) is 1. The Kier molecular flexibility index (Phi) is 5.07. The molecular weight excluding hydrogens is 289 g/mol. The van der Waals surface area contributed by atoms with Gasteiger partial charge in [0.25, 0.3) is 0 Å². The van der Waals surface area contributed by atoms with Crippen molar-refractivity contribution in [1.29, 1.82) is 0 Å². The first-order valence-corrected chi connectivity index (χ1v) is 7.31. The number of benzene rings is 2. The summed E-state index contributed by atoms with van der Waals surface area (Å²) in [4.78, 5) is 0. The Hall–Kier alpha value is -1.74. The maximum Gasteiger partial charge on any atom is 0.141 e. The van der Waals surface area contributed by atoms with Gasteiger partial charge in [-0.1, -0.05) is 23.7 Å². The Morgan fingerprint density at radius 3 is 2.29 bits per heavy atom. The van der Waals surface area contributed by atoms with Crippen LogP contribution in [0.1, 0.15) is 32.4 Å². The molecule has 0 saturated carbocycles. The molecule has 0 saturated heterocycles. The van der Waals surface area contributed by atoms with Crippen molar-refractivity contribution < 1.29 is 9.13 Å². The minimum Gasteiger partial charge on any atom is -0.491 e. The van der Waals surface area contributed by atoms with Gasteiger partial charge in [0.2, 0.25) is 0 Å². The van der Waals surface area contributed by atoms with E-state index < -0.39 is 5.82 Å². The van der Waals surface area contributed by atoms with Crippen LogP contribution in [0, 0.1) is 5.82 Å². The largest absolute Gasteiger partial charge is 0.491 e. The molecule has 1 unspecified atom stereocenters. The average molecular weight is 308 g/mol. The minimum absolute atomic E-state index is 0.0830. The second-order valence-electron chi connectivity index (χ2n) is 5.23. The van der Waals surface area contributed by atoms with Crippen molar-refractivity contribution >= 4 is 17.3 Å². The van der Waals surface area contributed by atoms with E-state index in [4.69, 9.17) is 16.3 Å². The van der Waals surface area contributed by atoms with Crippen molar-refractivity contribution in [2.45, 2.75) is 32.9 Å². The second-order valence-corrected chi connectivity index (χ2v) is 5.64. The van der Waals surface area contributed by atoms with Gasteiger partial charge in [-0.2, -0.15) is 0 Å². The predicted octanol–water partition coefficient (Wildman–Crippen LogP) is 5.44. The fraction of sp³-hybridized carbons (Fsp3) is 0.294. The zero-order valence-electron chi connectivity index (χ0n) is 12.4. The zero-order valence-corrected chi connectivity index (χ0v) is 13.1. The molecule has 0 heterocycles. The smallest absolute Gasteiger partial charge is 0.141 e. The number of hydrogen-bond acceptors (Lipinski definition) is 2. The van der Waals surface area contributed by atoms with Crippen molar-refractivity contribution in [2.24, 2.45) is 0 Å². The standard InChI is InChI=1S/C17H19ClFNO/c1-11(2)21-15-7-4-13(5-8-15)12(3)20-14-6-9-17(19)16(18)10-14/h4-12,20H,1-3H3. The molecule has 0 aromatic heterocycles. The first-order chi connectivity index (χ1) is 9.95. The Balaban J connectivity index is 2.05. The lowest BCUT2D eigenvalue weighted by atomic mass is 10.1. The van der Waals surface area contributed by atoms with Crippen molar-refractivity contribution in [2.75, 3.05) is 5.32 Å². The summed E-state index contributed by atoms with van der Waals surface area (Å²) in [6.45, 7) is 6.03. The normalized spacial score (nSPS) is 12.3. The van der Waals surface area contributed by atoms with Crippen molar-refractivity contribution in [1.82, 2.24) is 0 Å². The van der Waals surface area contributed by atoms with E-state index in [-0.39, 0.29) is 17.2 Å². The lowest BCUT2D eigenvalue weighted by Gasteiger charge is -2.17. The third-order valence-corrected chi connectivity index (χ3v) is 3.34. The number of halogens is 2. The number of nitrogens with one attached hydrogen (secondary N) is 1. The van der Waals surface area contributed by atoms with Crippen LogP contribution >= 0.6 is 11.6 Å². The van der Waals surface area contributed by atoms with Crippen molar-refractivity contribution in [3.05, 3.63) is 58.9 Å². The fourth-order valence-electron chi connectivity index (χ4n) is 2.03. The lowest BCUT2D eigenvalue weighted by molar-refractivity contribution is 0.242. The van der Waals surface area contributed by atoms with E-state index in [2.05, 4.69) is 5.32 Å². The monoisotopic (exact) mass is 307 g/mol. The van der Waals surface area contributed by atoms with Gasteiger partial charge in [-0.25, -0.2) is 4.39 Å². The van der Waals surface area contributed by atoms with Crippen molar-refractivity contribution in [3.8, 4) is 5.75 Å². The summed E-state index contributed by atoms with van der Waals surface area (Å²) in [5.41, 5.74) is 1.91. The molecule has 0 aliphatic rings. The van der Waals surface area contributed by atoms with Gasteiger partial charge in [0.15, 0.2) is 0 Å². The quantitative estimate of drug-likeness (QED) is 0.794. The number of rotatable bonds is 5. The zero-order chi connectivity index (χ0) is 15.4. The van der Waals surface area contributed by atoms with Crippen LogP contribution in [0.4, 0.5) is 10.1 Å². The van der Waals surface area contributed by atoms with E-state index in [1.165, 1.54) is 6.07 Å². The van der Waals surface area contributed by atoms with Crippen LogP contribution in [-0.2, 0) is 0 Å². The molecule has 0 amide bonds. The van der Waals surface area contributed by atoms with Crippen molar-refractivity contribution in [3.63, 3.8) is 0 Å². The molecule has 2 aromatic carbocycles. The first-order valence-electron chi connectivity index (χ1n) is 6.94. The second kappa shape index (κ2) is 6.81. The van der Waals surface area contributed by atoms with Gasteiger partial charge >= 0.3 is 0 Å². The molecule has 0 bridgehead atoms. The van der Waals surface area contributed by atoms with E-state index in [1.807, 2.05) is 45.0 Å². The molecule has 2 nitrogen and oxygen atoms in total. The topological polar surface area (TPSA) is 21.3 Å². The van der Waals surface area contributed by atoms with Gasteiger partial charge < -0.3 is 10.1 Å². The number of anilines is 1. The molecule has 0 fully saturated rings. The highest BCUT2D eigenvalue weighted by molar-refractivity contribution is 6.31. The minimum atomic E-state index is -0.412. The highest BCUT2D eigenvalue weighted by Crippen LogP contribution is 2.25. The summed E-state index contributed by atoms with van der Waals surface area (Å²) in [5, 5.41) is 3.41. The van der Waals surface area contributed by atoms with Gasteiger partial charge in [0.05, 0.1) is 11.1 Å². The molecular formula is C17H19ClFNO. The third-order valence-electron chi connectivity index (χ3n) is 3.05. The van der Waals surface area contributed by atoms with Crippen LogP contribution < -0.4 is 10.1 Å². The molecule has 21 heavy (non-hydrogen) atoms. The number of hydrogen-bond donors (Lipinski definition) is 1. The molecule has 0 radical (unpaired) electrons. The molecule has 0 spiro atoms. The van der Waals surface area contributed by atoms with Crippen LogP contribution in [0.2, 0.25) is 5.02 Å². The molecule has 1 atom stereocenters.